The molecule has 1 heterocycles. The highest BCUT2D eigenvalue weighted by molar-refractivity contribution is 5.77. The lowest BCUT2D eigenvalue weighted by molar-refractivity contribution is -0.120. The number of nitrogens with one attached hydrogen (secondary N) is 2. The van der Waals surface area contributed by atoms with Crippen LogP contribution in [-0.2, 0) is 4.79 Å². The van der Waals surface area contributed by atoms with Crippen molar-refractivity contribution >= 4 is 11.6 Å². The van der Waals surface area contributed by atoms with Crippen molar-refractivity contribution in [1.82, 2.24) is 5.32 Å². The highest BCUT2D eigenvalue weighted by atomic mass is 16.1. The van der Waals surface area contributed by atoms with Gasteiger partial charge in [0.15, 0.2) is 0 Å². The monoisotopic (exact) mass is 232 g/mol. The zero-order valence-electron chi connectivity index (χ0n) is 10.5. The molecule has 17 heavy (non-hydrogen) atoms. The Kier molecular flexibility index (Phi) is 3.67. The molecular formula is C14H20N2O. The first-order valence-corrected chi connectivity index (χ1v) is 6.25. The van der Waals surface area contributed by atoms with Crippen LogP contribution in [0.5, 0.6) is 0 Å². The van der Waals surface area contributed by atoms with Crippen molar-refractivity contribution < 1.29 is 4.79 Å². The number of hydrogen-bond acceptors (Lipinski definition) is 2. The van der Waals surface area contributed by atoms with Crippen molar-refractivity contribution in [3.05, 3.63) is 29.3 Å². The summed E-state index contributed by atoms with van der Waals surface area (Å²) in [7, 11) is 0. The van der Waals surface area contributed by atoms with Crippen LogP contribution in [0.4, 0.5) is 5.69 Å². The molecule has 1 aliphatic heterocycles. The maximum absolute atomic E-state index is 11.5. The summed E-state index contributed by atoms with van der Waals surface area (Å²) in [6.45, 7) is 5.03. The molecule has 1 aromatic carbocycles. The van der Waals surface area contributed by atoms with Crippen molar-refractivity contribution in [2.24, 2.45) is 0 Å². The van der Waals surface area contributed by atoms with Crippen LogP contribution in [0.3, 0.4) is 0 Å². The number of carbonyl (C=O) groups excluding carboxylic acids is 1. The van der Waals surface area contributed by atoms with Gasteiger partial charge in [-0.1, -0.05) is 6.07 Å². The second-order valence-corrected chi connectivity index (χ2v) is 4.84. The lowest BCUT2D eigenvalue weighted by Gasteiger charge is -2.17. The molecule has 0 radical (unpaired) electrons. The van der Waals surface area contributed by atoms with Crippen LogP contribution in [-0.4, -0.2) is 18.5 Å². The van der Waals surface area contributed by atoms with Crippen molar-refractivity contribution in [2.75, 3.05) is 11.9 Å². The summed E-state index contributed by atoms with van der Waals surface area (Å²) >= 11 is 0. The summed E-state index contributed by atoms with van der Waals surface area (Å²) in [5, 5.41) is 6.36. The van der Waals surface area contributed by atoms with E-state index in [-0.39, 0.29) is 11.9 Å². The minimum atomic E-state index is 0.156. The fourth-order valence-corrected chi connectivity index (χ4v) is 2.16. The fraction of sp³-hybridized carbons (Fsp3) is 0.500. The average molecular weight is 232 g/mol. The number of benzene rings is 1. The third-order valence-electron chi connectivity index (χ3n) is 3.36. The van der Waals surface area contributed by atoms with Gasteiger partial charge < -0.3 is 10.6 Å². The second kappa shape index (κ2) is 5.21. The van der Waals surface area contributed by atoms with Crippen LogP contribution >= 0.6 is 0 Å². The summed E-state index contributed by atoms with van der Waals surface area (Å²) < 4.78 is 0. The normalized spacial score (nSPS) is 20.6. The van der Waals surface area contributed by atoms with E-state index >= 15 is 0 Å². The molecule has 1 unspecified atom stereocenters. The molecule has 1 atom stereocenters. The van der Waals surface area contributed by atoms with Gasteiger partial charge in [0, 0.05) is 24.7 Å². The van der Waals surface area contributed by atoms with E-state index in [1.165, 1.54) is 11.1 Å². The molecule has 0 bridgehead atoms. The van der Waals surface area contributed by atoms with Crippen molar-refractivity contribution in [3.63, 3.8) is 0 Å². The Morgan fingerprint density at radius 1 is 1.29 bits per heavy atom. The Morgan fingerprint density at radius 2 is 2.12 bits per heavy atom. The standard InChI is InChI=1S/C14H20N2O/c1-10-5-6-13(8-11(10)2)16-12-4-3-7-15-14(17)9-12/h5-6,8,12,16H,3-4,7,9H2,1-2H3,(H,15,17). The van der Waals surface area contributed by atoms with Gasteiger partial charge in [-0.25, -0.2) is 0 Å². The number of anilines is 1. The minimum Gasteiger partial charge on any atom is -0.382 e. The van der Waals surface area contributed by atoms with Gasteiger partial charge in [0.25, 0.3) is 0 Å². The predicted octanol–water partition coefficient (Wildman–Crippen LogP) is 2.38. The summed E-state index contributed by atoms with van der Waals surface area (Å²) in [5.41, 5.74) is 3.70. The van der Waals surface area contributed by atoms with E-state index in [0.717, 1.165) is 25.1 Å². The molecule has 0 spiro atoms. The smallest absolute Gasteiger partial charge is 0.222 e. The fourth-order valence-electron chi connectivity index (χ4n) is 2.16. The minimum absolute atomic E-state index is 0.156. The Bertz CT molecular complexity index is 415. The van der Waals surface area contributed by atoms with E-state index in [4.69, 9.17) is 0 Å². The highest BCUT2D eigenvalue weighted by Crippen LogP contribution is 2.18. The van der Waals surface area contributed by atoms with Crippen LogP contribution in [0.25, 0.3) is 0 Å². The van der Waals surface area contributed by atoms with Gasteiger partial charge in [0.05, 0.1) is 0 Å². The third kappa shape index (κ3) is 3.22. The quantitative estimate of drug-likeness (QED) is 0.822. The van der Waals surface area contributed by atoms with Gasteiger partial charge in [-0.15, -0.1) is 0 Å². The van der Waals surface area contributed by atoms with Crippen molar-refractivity contribution in [3.8, 4) is 0 Å². The maximum atomic E-state index is 11.5. The number of aryl methyl sites for hydroxylation is 2. The van der Waals surface area contributed by atoms with Crippen molar-refractivity contribution in [2.45, 2.75) is 39.2 Å². The topological polar surface area (TPSA) is 41.1 Å². The Balaban J connectivity index is 2.03. The van der Waals surface area contributed by atoms with E-state index in [1.807, 2.05) is 0 Å². The molecule has 92 valence electrons. The van der Waals surface area contributed by atoms with Gasteiger partial charge in [-0.05, 0) is 49.9 Å². The molecule has 1 saturated heterocycles. The molecule has 1 fully saturated rings. The molecule has 0 aromatic heterocycles. The summed E-state index contributed by atoms with van der Waals surface area (Å²) in [6.07, 6.45) is 2.67. The summed E-state index contributed by atoms with van der Waals surface area (Å²) in [4.78, 5) is 11.5. The van der Waals surface area contributed by atoms with Gasteiger partial charge in [0.1, 0.15) is 0 Å². The molecule has 1 aromatic rings. The Hall–Kier alpha value is -1.51. The number of rotatable bonds is 2. The van der Waals surface area contributed by atoms with E-state index in [1.54, 1.807) is 0 Å². The number of amides is 1. The zero-order chi connectivity index (χ0) is 12.3. The first-order valence-electron chi connectivity index (χ1n) is 6.25. The van der Waals surface area contributed by atoms with Crippen LogP contribution in [0.2, 0.25) is 0 Å². The molecule has 0 aliphatic carbocycles. The lowest BCUT2D eigenvalue weighted by Crippen LogP contribution is -2.26. The molecule has 0 saturated carbocycles. The largest absolute Gasteiger partial charge is 0.382 e. The zero-order valence-corrected chi connectivity index (χ0v) is 10.5. The number of carbonyl (C=O) groups is 1. The molecule has 2 rings (SSSR count). The molecule has 3 heteroatoms. The van der Waals surface area contributed by atoms with Gasteiger partial charge in [-0.2, -0.15) is 0 Å². The summed E-state index contributed by atoms with van der Waals surface area (Å²) in [6, 6.07) is 6.62. The first kappa shape index (κ1) is 12.0. The van der Waals surface area contributed by atoms with E-state index in [2.05, 4.69) is 42.7 Å². The second-order valence-electron chi connectivity index (χ2n) is 4.84. The van der Waals surface area contributed by atoms with Crippen LogP contribution in [0.15, 0.2) is 18.2 Å². The van der Waals surface area contributed by atoms with Gasteiger partial charge >= 0.3 is 0 Å². The van der Waals surface area contributed by atoms with Gasteiger partial charge in [0.2, 0.25) is 5.91 Å². The molecule has 1 aliphatic rings. The van der Waals surface area contributed by atoms with Crippen LogP contribution in [0.1, 0.15) is 30.4 Å². The molecule has 2 N–H and O–H groups in total. The van der Waals surface area contributed by atoms with E-state index in [0.29, 0.717) is 6.42 Å². The van der Waals surface area contributed by atoms with Gasteiger partial charge in [-0.3, -0.25) is 4.79 Å². The van der Waals surface area contributed by atoms with Crippen LogP contribution in [0, 0.1) is 13.8 Å². The SMILES string of the molecule is Cc1ccc(NC2CCCNC(=O)C2)cc1C. The van der Waals surface area contributed by atoms with Crippen molar-refractivity contribution in [1.29, 1.82) is 0 Å². The van der Waals surface area contributed by atoms with E-state index in [9.17, 15) is 4.79 Å². The Morgan fingerprint density at radius 3 is 2.88 bits per heavy atom. The lowest BCUT2D eigenvalue weighted by atomic mass is 10.1. The van der Waals surface area contributed by atoms with Crippen LogP contribution < -0.4 is 10.6 Å². The highest BCUT2D eigenvalue weighted by Gasteiger charge is 2.16. The third-order valence-corrected chi connectivity index (χ3v) is 3.36. The molecular weight excluding hydrogens is 212 g/mol. The molecule has 3 nitrogen and oxygen atoms in total. The summed E-state index contributed by atoms with van der Waals surface area (Å²) in [5.74, 6) is 0.156. The predicted molar refractivity (Wildman–Crippen MR) is 70.2 cm³/mol. The first-order chi connectivity index (χ1) is 8.15. The maximum Gasteiger partial charge on any atom is 0.222 e. The average Bonchev–Trinajstić information content (AvgIpc) is 2.48. The molecule has 1 amide bonds. The Labute approximate surface area is 103 Å². The number of hydrogen-bond donors (Lipinski definition) is 2. The van der Waals surface area contributed by atoms with E-state index < -0.39 is 0 Å².